The summed E-state index contributed by atoms with van der Waals surface area (Å²) in [7, 11) is -4.32. The number of ether oxygens (including phenoxy) is 1. The second-order valence-corrected chi connectivity index (χ2v) is 9.96. The van der Waals surface area contributed by atoms with Gasteiger partial charge in [0, 0.05) is 32.8 Å². The van der Waals surface area contributed by atoms with Crippen molar-refractivity contribution in [3.63, 3.8) is 0 Å². The Labute approximate surface area is 180 Å². The highest BCUT2D eigenvalue weighted by Gasteiger charge is 2.38. The molecule has 2 N–H and O–H groups in total. The number of hydrogen-bond donors (Lipinski definition) is 2. The molecule has 0 saturated carbocycles. The lowest BCUT2D eigenvalue weighted by Gasteiger charge is -2.34. The van der Waals surface area contributed by atoms with Crippen LogP contribution in [-0.4, -0.2) is 63.8 Å². The molecule has 7 nitrogen and oxygen atoms in total. The van der Waals surface area contributed by atoms with Crippen LogP contribution in [0.1, 0.15) is 32.6 Å². The molecule has 0 aromatic heterocycles. The van der Waals surface area contributed by atoms with E-state index in [2.05, 4.69) is 5.32 Å². The van der Waals surface area contributed by atoms with E-state index in [1.165, 1.54) is 6.92 Å². The van der Waals surface area contributed by atoms with Gasteiger partial charge in [-0.05, 0) is 44.7 Å². The molecular formula is C19H26ClF2N3O4S. The lowest BCUT2D eigenvalue weighted by atomic mass is 9.95. The molecule has 0 spiro atoms. The second-order valence-electron chi connectivity index (χ2n) is 7.87. The number of hydrogen-bond acceptors (Lipinski definition) is 6. The number of amides is 1. The number of carbonyl (C=O) groups is 1. The van der Waals surface area contributed by atoms with Gasteiger partial charge < -0.3 is 10.1 Å². The number of nitrogens with zero attached hydrogens (tertiary/aromatic N) is 1. The second kappa shape index (κ2) is 9.33. The zero-order valence-electron chi connectivity index (χ0n) is 16.7. The summed E-state index contributed by atoms with van der Waals surface area (Å²) in [6.45, 7) is 3.80. The molecule has 168 valence electrons. The summed E-state index contributed by atoms with van der Waals surface area (Å²) in [5.41, 5.74) is -1.26. The van der Waals surface area contributed by atoms with Gasteiger partial charge in [0.2, 0.25) is 0 Å². The maximum Gasteiger partial charge on any atom is 0.265 e. The van der Waals surface area contributed by atoms with E-state index in [9.17, 15) is 22.0 Å². The molecule has 1 unspecified atom stereocenters. The lowest BCUT2D eigenvalue weighted by molar-refractivity contribution is -0.148. The largest absolute Gasteiger partial charge is 0.381 e. The van der Waals surface area contributed by atoms with Gasteiger partial charge in [-0.3, -0.25) is 9.69 Å². The Morgan fingerprint density at radius 2 is 2.10 bits per heavy atom. The summed E-state index contributed by atoms with van der Waals surface area (Å²) in [4.78, 5) is 13.9. The zero-order chi connectivity index (χ0) is 21.9. The number of carbonyl (C=O) groups excluding carboxylic acids is 1. The van der Waals surface area contributed by atoms with Crippen molar-refractivity contribution in [2.45, 2.75) is 49.3 Å². The first-order chi connectivity index (χ1) is 14.1. The minimum absolute atomic E-state index is 0.0171. The van der Waals surface area contributed by atoms with Crippen molar-refractivity contribution >= 4 is 33.2 Å². The molecule has 2 saturated heterocycles. The number of anilines is 1. The number of rotatable bonds is 8. The number of benzene rings is 1. The molecule has 11 heteroatoms. The number of nitrogens with one attached hydrogen (secondary N) is 2. The minimum Gasteiger partial charge on any atom is -0.381 e. The van der Waals surface area contributed by atoms with Crippen molar-refractivity contribution in [1.82, 2.24) is 9.62 Å². The average molecular weight is 466 g/mol. The standard InChI is InChI=1S/C19H26ClF2N3O4S/c1-19(5-2-3-8-29-19)18(26)24-30(27,28)14-9-15(20)17(16(22)10-14)23-6-4-7-25-11-13(21)12-25/h9-10,13,23H,2-8,11-12H2,1H3,(H,24,26). The van der Waals surface area contributed by atoms with Gasteiger partial charge in [0.15, 0.2) is 0 Å². The van der Waals surface area contributed by atoms with Gasteiger partial charge in [0.25, 0.3) is 15.9 Å². The zero-order valence-corrected chi connectivity index (χ0v) is 18.3. The third kappa shape index (κ3) is 5.40. The Bertz CT molecular complexity index is 865. The molecule has 2 aliphatic heterocycles. The fourth-order valence-corrected chi connectivity index (χ4v) is 4.93. The van der Waals surface area contributed by atoms with E-state index in [-0.39, 0.29) is 10.7 Å². The van der Waals surface area contributed by atoms with E-state index in [1.54, 1.807) is 0 Å². The Kier molecular flexibility index (Phi) is 7.21. The maximum absolute atomic E-state index is 14.5. The molecule has 1 aromatic rings. The van der Waals surface area contributed by atoms with E-state index in [1.807, 2.05) is 9.62 Å². The van der Waals surface area contributed by atoms with Gasteiger partial charge in [-0.2, -0.15) is 0 Å². The summed E-state index contributed by atoms with van der Waals surface area (Å²) in [6, 6.07) is 1.91. The first-order valence-electron chi connectivity index (χ1n) is 9.91. The smallest absolute Gasteiger partial charge is 0.265 e. The quantitative estimate of drug-likeness (QED) is 0.574. The van der Waals surface area contributed by atoms with Gasteiger partial charge >= 0.3 is 0 Å². The SMILES string of the molecule is CC1(C(=O)NS(=O)(=O)c2cc(F)c(NCCCN3CC(F)C3)c(Cl)c2)CCCCO1. The van der Waals surface area contributed by atoms with Crippen molar-refractivity contribution in [1.29, 1.82) is 0 Å². The number of sulfonamides is 1. The molecule has 1 amide bonds. The third-order valence-electron chi connectivity index (χ3n) is 5.37. The molecule has 0 radical (unpaired) electrons. The highest BCUT2D eigenvalue weighted by Crippen LogP contribution is 2.30. The number of likely N-dealkylation sites (tertiary alicyclic amines) is 1. The summed E-state index contributed by atoms with van der Waals surface area (Å²) < 4.78 is 59.9. The maximum atomic E-state index is 14.5. The predicted molar refractivity (Wildman–Crippen MR) is 109 cm³/mol. The molecule has 0 aliphatic carbocycles. The van der Waals surface area contributed by atoms with Crippen LogP contribution < -0.4 is 10.0 Å². The van der Waals surface area contributed by atoms with Crippen molar-refractivity contribution in [2.24, 2.45) is 0 Å². The molecule has 2 heterocycles. The molecule has 3 rings (SSSR count). The van der Waals surface area contributed by atoms with Crippen LogP contribution in [0.15, 0.2) is 17.0 Å². The normalized spacial score (nSPS) is 23.1. The summed E-state index contributed by atoms with van der Waals surface area (Å²) in [6.07, 6.45) is 1.83. The molecule has 2 aliphatic rings. The third-order valence-corrected chi connectivity index (χ3v) is 6.98. The Morgan fingerprint density at radius 3 is 2.70 bits per heavy atom. The van der Waals surface area contributed by atoms with Crippen LogP contribution in [0.2, 0.25) is 5.02 Å². The van der Waals surface area contributed by atoms with E-state index in [0.717, 1.165) is 25.0 Å². The fraction of sp³-hybridized carbons (Fsp3) is 0.632. The van der Waals surface area contributed by atoms with Crippen LogP contribution in [0.5, 0.6) is 0 Å². The number of halogens is 3. The Balaban J connectivity index is 1.62. The van der Waals surface area contributed by atoms with Crippen molar-refractivity contribution in [3.8, 4) is 0 Å². The van der Waals surface area contributed by atoms with Gasteiger partial charge in [0.1, 0.15) is 17.6 Å². The first-order valence-corrected chi connectivity index (χ1v) is 11.8. The van der Waals surface area contributed by atoms with Crippen molar-refractivity contribution in [2.75, 3.05) is 38.1 Å². The highest BCUT2D eigenvalue weighted by molar-refractivity contribution is 7.90. The van der Waals surface area contributed by atoms with Crippen LogP contribution in [0.25, 0.3) is 0 Å². The Hall–Kier alpha value is -1.49. The van der Waals surface area contributed by atoms with Gasteiger partial charge in [-0.15, -0.1) is 0 Å². The van der Waals surface area contributed by atoms with E-state index in [0.29, 0.717) is 45.6 Å². The van der Waals surface area contributed by atoms with Crippen LogP contribution in [-0.2, 0) is 19.6 Å². The van der Waals surface area contributed by atoms with Gasteiger partial charge in [-0.25, -0.2) is 21.9 Å². The summed E-state index contributed by atoms with van der Waals surface area (Å²) in [5.74, 6) is -1.63. The summed E-state index contributed by atoms with van der Waals surface area (Å²) >= 11 is 6.09. The van der Waals surface area contributed by atoms with Crippen LogP contribution in [0, 0.1) is 5.82 Å². The van der Waals surface area contributed by atoms with Crippen molar-refractivity contribution < 1.29 is 26.7 Å². The molecular weight excluding hydrogens is 440 g/mol. The fourth-order valence-electron chi connectivity index (χ4n) is 3.48. The van der Waals surface area contributed by atoms with Crippen LogP contribution in [0.3, 0.4) is 0 Å². The molecule has 0 bridgehead atoms. The van der Waals surface area contributed by atoms with E-state index >= 15 is 0 Å². The minimum atomic E-state index is -4.32. The predicted octanol–water partition coefficient (Wildman–Crippen LogP) is 2.70. The Morgan fingerprint density at radius 1 is 1.37 bits per heavy atom. The lowest BCUT2D eigenvalue weighted by Crippen LogP contribution is -2.50. The van der Waals surface area contributed by atoms with Crippen LogP contribution in [0.4, 0.5) is 14.5 Å². The van der Waals surface area contributed by atoms with Gasteiger partial charge in [0.05, 0.1) is 15.6 Å². The number of alkyl halides is 1. The molecule has 30 heavy (non-hydrogen) atoms. The van der Waals surface area contributed by atoms with E-state index in [4.69, 9.17) is 16.3 Å². The molecule has 1 atom stereocenters. The highest BCUT2D eigenvalue weighted by atomic mass is 35.5. The monoisotopic (exact) mass is 465 g/mol. The van der Waals surface area contributed by atoms with Crippen LogP contribution >= 0.6 is 11.6 Å². The first kappa shape index (κ1) is 23.2. The molecule has 2 fully saturated rings. The van der Waals surface area contributed by atoms with Gasteiger partial charge in [-0.1, -0.05) is 11.6 Å². The van der Waals surface area contributed by atoms with Crippen molar-refractivity contribution in [3.05, 3.63) is 23.0 Å². The van der Waals surface area contributed by atoms with E-state index < -0.39 is 38.4 Å². The molecule has 1 aromatic carbocycles. The topological polar surface area (TPSA) is 87.7 Å². The average Bonchev–Trinajstić information content (AvgIpc) is 2.65. The summed E-state index contributed by atoms with van der Waals surface area (Å²) in [5, 5.41) is 2.73.